The van der Waals surface area contributed by atoms with Crippen LogP contribution in [0.2, 0.25) is 0 Å². The highest BCUT2D eigenvalue weighted by Crippen LogP contribution is 2.27. The predicted octanol–water partition coefficient (Wildman–Crippen LogP) is 3.85. The average molecular weight is 358 g/mol. The molecule has 0 saturated heterocycles. The van der Waals surface area contributed by atoms with Gasteiger partial charge in [-0.1, -0.05) is 37.3 Å². The number of ether oxygens (including phenoxy) is 1. The molecule has 134 valence electrons. The first-order valence-electron chi connectivity index (χ1n) is 8.48. The van der Waals surface area contributed by atoms with Gasteiger partial charge in [-0.3, -0.25) is 0 Å². The highest BCUT2D eigenvalue weighted by molar-refractivity contribution is 7.80. The molecule has 0 saturated carbocycles. The lowest BCUT2D eigenvalue weighted by atomic mass is 10.0. The van der Waals surface area contributed by atoms with Crippen LogP contribution in [0, 0.1) is 0 Å². The van der Waals surface area contributed by atoms with Gasteiger partial charge in [0.05, 0.1) is 13.2 Å². The summed E-state index contributed by atoms with van der Waals surface area (Å²) in [7, 11) is 5.81. The Hall–Kier alpha value is -2.11. The molecule has 2 aromatic carbocycles. The highest BCUT2D eigenvalue weighted by atomic mass is 32.1. The summed E-state index contributed by atoms with van der Waals surface area (Å²) in [4.78, 5) is 2.16. The fraction of sp³-hybridized carbons (Fsp3) is 0.350. The Balaban J connectivity index is 1.99. The number of hydrogen-bond donors (Lipinski definition) is 2. The van der Waals surface area contributed by atoms with Crippen molar-refractivity contribution in [3.8, 4) is 5.75 Å². The second kappa shape index (κ2) is 9.39. The number of thiocarbonyl (C=S) groups is 1. The molecule has 0 unspecified atom stereocenters. The van der Waals surface area contributed by atoms with E-state index in [0.29, 0.717) is 11.7 Å². The number of rotatable bonds is 7. The van der Waals surface area contributed by atoms with Gasteiger partial charge in [0.15, 0.2) is 5.11 Å². The maximum Gasteiger partial charge on any atom is 0.170 e. The molecule has 0 bridgehead atoms. The first kappa shape index (κ1) is 19.2. The smallest absolute Gasteiger partial charge is 0.170 e. The lowest BCUT2D eigenvalue weighted by molar-refractivity contribution is 0.288. The number of benzene rings is 2. The monoisotopic (exact) mass is 357 g/mol. The van der Waals surface area contributed by atoms with Gasteiger partial charge in [0.2, 0.25) is 0 Å². The molecular formula is C20H27N3OS. The summed E-state index contributed by atoms with van der Waals surface area (Å²) >= 11 is 5.44. The molecule has 0 aromatic heterocycles. The highest BCUT2D eigenvalue weighted by Gasteiger charge is 2.18. The zero-order valence-corrected chi connectivity index (χ0v) is 16.2. The number of nitrogens with one attached hydrogen (secondary N) is 2. The van der Waals surface area contributed by atoms with Crippen molar-refractivity contribution in [2.75, 3.05) is 33.1 Å². The van der Waals surface area contributed by atoms with Crippen molar-refractivity contribution >= 4 is 23.0 Å². The largest absolute Gasteiger partial charge is 0.496 e. The van der Waals surface area contributed by atoms with Gasteiger partial charge in [0.25, 0.3) is 0 Å². The summed E-state index contributed by atoms with van der Waals surface area (Å²) in [5.41, 5.74) is 3.44. The molecule has 0 aliphatic rings. The molecule has 0 heterocycles. The predicted molar refractivity (Wildman–Crippen MR) is 109 cm³/mol. The third-order valence-corrected chi connectivity index (χ3v) is 4.44. The summed E-state index contributed by atoms with van der Waals surface area (Å²) in [5, 5.41) is 7.17. The Morgan fingerprint density at radius 2 is 1.80 bits per heavy atom. The summed E-state index contributed by atoms with van der Waals surface area (Å²) in [6.45, 7) is 2.83. The first-order valence-corrected chi connectivity index (χ1v) is 8.89. The van der Waals surface area contributed by atoms with Crippen molar-refractivity contribution in [1.82, 2.24) is 10.2 Å². The normalized spacial score (nSPS) is 11.9. The number of para-hydroxylation sites is 1. The topological polar surface area (TPSA) is 36.5 Å². The van der Waals surface area contributed by atoms with Crippen LogP contribution >= 0.6 is 12.2 Å². The van der Waals surface area contributed by atoms with E-state index in [9.17, 15) is 0 Å². The van der Waals surface area contributed by atoms with E-state index < -0.39 is 0 Å². The number of hydrogen-bond acceptors (Lipinski definition) is 3. The Labute approximate surface area is 156 Å². The van der Waals surface area contributed by atoms with Gasteiger partial charge in [-0.15, -0.1) is 0 Å². The van der Waals surface area contributed by atoms with Crippen molar-refractivity contribution < 1.29 is 4.74 Å². The molecule has 0 radical (unpaired) electrons. The van der Waals surface area contributed by atoms with Gasteiger partial charge in [-0.25, -0.2) is 0 Å². The summed E-state index contributed by atoms with van der Waals surface area (Å²) in [6.07, 6.45) is 1.03. The van der Waals surface area contributed by atoms with Gasteiger partial charge in [0, 0.05) is 17.8 Å². The Bertz CT molecular complexity index is 686. The lowest BCUT2D eigenvalue weighted by Crippen LogP contribution is -2.36. The van der Waals surface area contributed by atoms with Crippen molar-refractivity contribution in [3.63, 3.8) is 0 Å². The zero-order chi connectivity index (χ0) is 18.2. The van der Waals surface area contributed by atoms with Crippen molar-refractivity contribution in [2.45, 2.75) is 19.4 Å². The number of anilines is 1. The van der Waals surface area contributed by atoms with Crippen LogP contribution in [0.15, 0.2) is 48.5 Å². The summed E-state index contributed by atoms with van der Waals surface area (Å²) in [5.74, 6) is 0.886. The van der Waals surface area contributed by atoms with Gasteiger partial charge >= 0.3 is 0 Å². The van der Waals surface area contributed by atoms with Crippen LogP contribution in [0.3, 0.4) is 0 Å². The van der Waals surface area contributed by atoms with Crippen LogP contribution in [-0.2, 0) is 6.42 Å². The maximum absolute atomic E-state index is 5.50. The lowest BCUT2D eigenvalue weighted by Gasteiger charge is -2.27. The molecule has 2 aromatic rings. The van der Waals surface area contributed by atoms with Crippen LogP contribution in [-0.4, -0.2) is 37.8 Å². The van der Waals surface area contributed by atoms with Crippen LogP contribution in [0.25, 0.3) is 0 Å². The van der Waals surface area contributed by atoms with Crippen LogP contribution in [0.1, 0.15) is 24.1 Å². The minimum Gasteiger partial charge on any atom is -0.496 e. The maximum atomic E-state index is 5.50. The van der Waals surface area contributed by atoms with Crippen molar-refractivity contribution in [2.24, 2.45) is 0 Å². The SMILES string of the molecule is CCc1ccc(NC(=S)NC[C@@H](c2ccccc2OC)N(C)C)cc1. The molecule has 25 heavy (non-hydrogen) atoms. The molecular weight excluding hydrogens is 330 g/mol. The second-order valence-corrected chi connectivity index (χ2v) is 6.52. The van der Waals surface area contributed by atoms with Gasteiger partial charge in [-0.05, 0) is 56.5 Å². The Morgan fingerprint density at radius 1 is 1.12 bits per heavy atom. The quantitative estimate of drug-likeness (QED) is 0.736. The van der Waals surface area contributed by atoms with Gasteiger partial charge < -0.3 is 20.3 Å². The first-order chi connectivity index (χ1) is 12.0. The Kier molecular flexibility index (Phi) is 7.22. The van der Waals surface area contributed by atoms with E-state index in [1.165, 1.54) is 5.56 Å². The minimum absolute atomic E-state index is 0.151. The third-order valence-electron chi connectivity index (χ3n) is 4.20. The molecule has 0 amide bonds. The van der Waals surface area contributed by atoms with E-state index >= 15 is 0 Å². The Morgan fingerprint density at radius 3 is 2.40 bits per heavy atom. The third kappa shape index (κ3) is 5.44. The zero-order valence-electron chi connectivity index (χ0n) is 15.4. The molecule has 2 N–H and O–H groups in total. The number of aryl methyl sites for hydroxylation is 1. The molecule has 5 heteroatoms. The van der Waals surface area contributed by atoms with Crippen molar-refractivity contribution in [1.29, 1.82) is 0 Å². The fourth-order valence-corrected chi connectivity index (χ4v) is 2.90. The van der Waals surface area contributed by atoms with Gasteiger partial charge in [0.1, 0.15) is 5.75 Å². The van der Waals surface area contributed by atoms with Crippen LogP contribution < -0.4 is 15.4 Å². The molecule has 0 spiro atoms. The van der Waals surface area contributed by atoms with Crippen molar-refractivity contribution in [3.05, 3.63) is 59.7 Å². The standard InChI is InChI=1S/C20H27N3OS/c1-5-15-10-12-16(13-11-15)22-20(25)21-14-18(23(2)3)17-8-6-7-9-19(17)24-4/h6-13,18H,5,14H2,1-4H3,(H2,21,22,25)/t18-/m0/s1. The van der Waals surface area contributed by atoms with E-state index in [2.05, 4.69) is 66.9 Å². The summed E-state index contributed by atoms with van der Waals surface area (Å²) in [6, 6.07) is 16.6. The molecule has 2 rings (SSSR count). The van der Waals surface area contributed by atoms with Crippen LogP contribution in [0.5, 0.6) is 5.75 Å². The number of likely N-dealkylation sites (N-methyl/N-ethyl adjacent to an activating group) is 1. The average Bonchev–Trinajstić information content (AvgIpc) is 2.62. The van der Waals surface area contributed by atoms with E-state index in [4.69, 9.17) is 17.0 Å². The van der Waals surface area contributed by atoms with E-state index in [-0.39, 0.29) is 6.04 Å². The molecule has 1 atom stereocenters. The second-order valence-electron chi connectivity index (χ2n) is 6.11. The van der Waals surface area contributed by atoms with E-state index in [1.807, 2.05) is 18.2 Å². The molecule has 0 aliphatic carbocycles. The number of nitrogens with zero attached hydrogens (tertiary/aromatic N) is 1. The number of methoxy groups -OCH3 is 1. The van der Waals surface area contributed by atoms with E-state index in [0.717, 1.165) is 23.4 Å². The summed E-state index contributed by atoms with van der Waals surface area (Å²) < 4.78 is 5.50. The van der Waals surface area contributed by atoms with Crippen LogP contribution in [0.4, 0.5) is 5.69 Å². The minimum atomic E-state index is 0.151. The molecule has 0 fully saturated rings. The molecule has 4 nitrogen and oxygen atoms in total. The van der Waals surface area contributed by atoms with E-state index in [1.54, 1.807) is 7.11 Å². The van der Waals surface area contributed by atoms with Gasteiger partial charge in [-0.2, -0.15) is 0 Å². The molecule has 0 aliphatic heterocycles. The fourth-order valence-electron chi connectivity index (χ4n) is 2.70.